The van der Waals surface area contributed by atoms with Crippen molar-refractivity contribution in [3.05, 3.63) is 93.5 Å². The lowest BCUT2D eigenvalue weighted by Crippen LogP contribution is -2.43. The number of hydrogen-bond acceptors (Lipinski definition) is 7. The number of nitrogens with zero attached hydrogens (tertiary/aromatic N) is 1. The van der Waals surface area contributed by atoms with Crippen molar-refractivity contribution in [2.45, 2.75) is 30.7 Å². The molecule has 36 heavy (non-hydrogen) atoms. The standard InChI is InChI=1S/C27H24N2O6S/c1-16(2)25(26(31)36-24-12-11-18(29(33)34)13-17(24)14-30)28-27(32)35-15-23-21-9-5-3-7-19(21)20-8-4-6-10-22(20)23/h3-14,16,23,25H,15H2,1-2H3,(H,28,32)/t25-/m0/s1. The third-order valence-electron chi connectivity index (χ3n) is 6.08. The van der Waals surface area contributed by atoms with Crippen LogP contribution in [-0.4, -0.2) is 35.1 Å². The summed E-state index contributed by atoms with van der Waals surface area (Å²) in [4.78, 5) is 47.8. The molecule has 0 aromatic heterocycles. The monoisotopic (exact) mass is 504 g/mol. The maximum absolute atomic E-state index is 13.0. The van der Waals surface area contributed by atoms with E-state index in [2.05, 4.69) is 5.32 Å². The number of aldehydes is 1. The number of non-ortho nitro benzene ring substituents is 1. The van der Waals surface area contributed by atoms with E-state index in [0.29, 0.717) is 6.29 Å². The molecule has 0 heterocycles. The average molecular weight is 505 g/mol. The minimum Gasteiger partial charge on any atom is -0.449 e. The third-order valence-corrected chi connectivity index (χ3v) is 7.13. The van der Waals surface area contributed by atoms with Crippen LogP contribution in [0.5, 0.6) is 0 Å². The van der Waals surface area contributed by atoms with E-state index in [9.17, 15) is 24.5 Å². The molecule has 0 aliphatic heterocycles. The van der Waals surface area contributed by atoms with Gasteiger partial charge < -0.3 is 10.1 Å². The van der Waals surface area contributed by atoms with Crippen LogP contribution in [0.15, 0.2) is 71.6 Å². The summed E-state index contributed by atoms with van der Waals surface area (Å²) in [6.07, 6.45) is -0.254. The van der Waals surface area contributed by atoms with Gasteiger partial charge in [0.25, 0.3) is 5.69 Å². The number of alkyl carbamates (subject to hydrolysis) is 1. The number of nitrogens with one attached hydrogen (secondary N) is 1. The van der Waals surface area contributed by atoms with E-state index >= 15 is 0 Å². The van der Waals surface area contributed by atoms with Gasteiger partial charge in [0.05, 0.1) is 4.92 Å². The summed E-state index contributed by atoms with van der Waals surface area (Å²) in [6.45, 7) is 3.68. The number of amides is 1. The van der Waals surface area contributed by atoms with Gasteiger partial charge in [-0.3, -0.25) is 19.7 Å². The van der Waals surface area contributed by atoms with Crippen molar-refractivity contribution in [2.24, 2.45) is 5.92 Å². The number of nitro benzene ring substituents is 1. The van der Waals surface area contributed by atoms with Crippen molar-refractivity contribution >= 4 is 34.9 Å². The molecule has 1 N–H and O–H groups in total. The molecule has 0 bridgehead atoms. The molecule has 0 saturated carbocycles. The van der Waals surface area contributed by atoms with Crippen molar-refractivity contribution in [1.29, 1.82) is 0 Å². The first-order chi connectivity index (χ1) is 17.3. The zero-order valence-corrected chi connectivity index (χ0v) is 20.5. The van der Waals surface area contributed by atoms with Gasteiger partial charge in [-0.2, -0.15) is 0 Å². The molecular weight excluding hydrogens is 480 g/mol. The largest absolute Gasteiger partial charge is 0.449 e. The number of thioether (sulfide) groups is 1. The second kappa shape index (κ2) is 10.7. The molecule has 0 saturated heterocycles. The number of nitro groups is 1. The van der Waals surface area contributed by atoms with Crippen LogP contribution in [0.4, 0.5) is 10.5 Å². The van der Waals surface area contributed by atoms with Crippen molar-refractivity contribution in [3.8, 4) is 11.1 Å². The summed E-state index contributed by atoms with van der Waals surface area (Å²) < 4.78 is 5.57. The Labute approximate surface area is 212 Å². The highest BCUT2D eigenvalue weighted by atomic mass is 32.2. The average Bonchev–Trinajstić information content (AvgIpc) is 3.19. The summed E-state index contributed by atoms with van der Waals surface area (Å²) in [5.41, 5.74) is 4.18. The number of rotatable bonds is 8. The Morgan fingerprint density at radius 2 is 1.67 bits per heavy atom. The van der Waals surface area contributed by atoms with Crippen molar-refractivity contribution in [2.75, 3.05) is 6.61 Å². The van der Waals surface area contributed by atoms with Crippen molar-refractivity contribution in [1.82, 2.24) is 5.32 Å². The smallest absolute Gasteiger partial charge is 0.407 e. The Hall–Kier alpha value is -3.98. The fraction of sp³-hybridized carbons (Fsp3) is 0.222. The van der Waals surface area contributed by atoms with Gasteiger partial charge in [-0.15, -0.1) is 0 Å². The quantitative estimate of drug-likeness (QED) is 0.184. The second-order valence-corrected chi connectivity index (χ2v) is 9.76. The lowest BCUT2D eigenvalue weighted by atomic mass is 9.98. The molecule has 0 radical (unpaired) electrons. The molecule has 9 heteroatoms. The van der Waals surface area contributed by atoms with E-state index < -0.39 is 22.2 Å². The van der Waals surface area contributed by atoms with Crippen LogP contribution < -0.4 is 5.32 Å². The van der Waals surface area contributed by atoms with Crippen molar-refractivity contribution in [3.63, 3.8) is 0 Å². The van der Waals surface area contributed by atoms with Crippen LogP contribution in [0.2, 0.25) is 0 Å². The lowest BCUT2D eigenvalue weighted by Gasteiger charge is -2.21. The molecule has 1 aliphatic rings. The third kappa shape index (κ3) is 5.16. The molecule has 1 aliphatic carbocycles. The predicted molar refractivity (Wildman–Crippen MR) is 136 cm³/mol. The number of benzene rings is 3. The first-order valence-corrected chi connectivity index (χ1v) is 12.2. The molecule has 0 spiro atoms. The predicted octanol–water partition coefficient (Wildman–Crippen LogP) is 5.59. The zero-order valence-electron chi connectivity index (χ0n) is 19.7. The maximum Gasteiger partial charge on any atom is 0.407 e. The van der Waals surface area contributed by atoms with Crippen LogP contribution in [-0.2, 0) is 9.53 Å². The van der Waals surface area contributed by atoms with Gasteiger partial charge in [-0.25, -0.2) is 4.79 Å². The maximum atomic E-state index is 13.0. The molecule has 1 amide bonds. The number of carbonyl (C=O) groups is 3. The van der Waals surface area contributed by atoms with Crippen LogP contribution in [0.3, 0.4) is 0 Å². The van der Waals surface area contributed by atoms with Crippen LogP contribution in [0, 0.1) is 16.0 Å². The zero-order chi connectivity index (χ0) is 25.8. The highest BCUT2D eigenvalue weighted by Crippen LogP contribution is 2.44. The van der Waals surface area contributed by atoms with E-state index in [1.165, 1.54) is 12.1 Å². The molecule has 8 nitrogen and oxygen atoms in total. The van der Waals surface area contributed by atoms with Gasteiger partial charge in [0.1, 0.15) is 12.6 Å². The van der Waals surface area contributed by atoms with Gasteiger partial charge in [0.15, 0.2) is 6.29 Å². The van der Waals surface area contributed by atoms with E-state index in [1.54, 1.807) is 13.8 Å². The summed E-state index contributed by atoms with van der Waals surface area (Å²) in [5, 5.41) is 13.2. The first kappa shape index (κ1) is 25.1. The molecule has 0 fully saturated rings. The van der Waals surface area contributed by atoms with Gasteiger partial charge >= 0.3 is 6.09 Å². The highest BCUT2D eigenvalue weighted by molar-refractivity contribution is 8.13. The number of carbonyl (C=O) groups excluding carboxylic acids is 3. The number of ether oxygens (including phenoxy) is 1. The topological polar surface area (TPSA) is 116 Å². The second-order valence-electron chi connectivity index (χ2n) is 8.71. The van der Waals surface area contributed by atoms with E-state index in [4.69, 9.17) is 4.74 Å². The molecule has 3 aromatic rings. The normalized spacial score (nSPS) is 13.0. The summed E-state index contributed by atoms with van der Waals surface area (Å²) in [7, 11) is 0. The SMILES string of the molecule is CC(C)[C@H](NC(=O)OCC1c2ccccc2-c2ccccc21)C(=O)Sc1ccc([N+](=O)[O-])cc1C=O. The summed E-state index contributed by atoms with van der Waals surface area (Å²) in [6, 6.07) is 18.8. The molecule has 3 aromatic carbocycles. The first-order valence-electron chi connectivity index (χ1n) is 11.4. The molecule has 4 rings (SSSR count). The Morgan fingerprint density at radius 1 is 1.06 bits per heavy atom. The van der Waals surface area contributed by atoms with Crippen LogP contribution >= 0.6 is 11.8 Å². The lowest BCUT2D eigenvalue weighted by molar-refractivity contribution is -0.384. The van der Waals surface area contributed by atoms with Gasteiger partial charge in [0.2, 0.25) is 5.12 Å². The molecular formula is C27H24N2O6S. The van der Waals surface area contributed by atoms with Gasteiger partial charge in [-0.05, 0) is 46.0 Å². The number of fused-ring (bicyclic) bond motifs is 3. The summed E-state index contributed by atoms with van der Waals surface area (Å²) >= 11 is 0.755. The van der Waals surface area contributed by atoms with E-state index in [-0.39, 0.29) is 34.6 Å². The Balaban J connectivity index is 1.43. The Bertz CT molecular complexity index is 1290. The minimum absolute atomic E-state index is 0.0335. The van der Waals surface area contributed by atoms with E-state index in [1.807, 2.05) is 48.5 Å². The number of hydrogen-bond donors (Lipinski definition) is 1. The van der Waals surface area contributed by atoms with Gasteiger partial charge in [-0.1, -0.05) is 62.4 Å². The fourth-order valence-corrected chi connectivity index (χ4v) is 5.31. The van der Waals surface area contributed by atoms with Gasteiger partial charge in [0, 0.05) is 28.5 Å². The Morgan fingerprint density at radius 3 is 2.22 bits per heavy atom. The van der Waals surface area contributed by atoms with Crippen LogP contribution in [0.1, 0.15) is 41.3 Å². The molecule has 1 atom stereocenters. The van der Waals surface area contributed by atoms with Crippen molar-refractivity contribution < 1.29 is 24.0 Å². The Kier molecular flexibility index (Phi) is 7.49. The fourth-order valence-electron chi connectivity index (χ4n) is 4.27. The van der Waals surface area contributed by atoms with E-state index in [0.717, 1.165) is 40.1 Å². The van der Waals surface area contributed by atoms with Crippen LogP contribution in [0.25, 0.3) is 11.1 Å². The minimum atomic E-state index is -0.889. The molecule has 184 valence electrons. The highest BCUT2D eigenvalue weighted by Gasteiger charge is 2.31. The molecule has 0 unspecified atom stereocenters. The summed E-state index contributed by atoms with van der Waals surface area (Å²) in [5.74, 6) is -0.371.